The SMILES string of the molecule is COC(=O)CCCCC1(C2CCCCO2)CC2CC(C(OC)OC)C(O)CC2C1=O. The maximum Gasteiger partial charge on any atom is 0.305 e. The van der Waals surface area contributed by atoms with E-state index in [-0.39, 0.29) is 35.6 Å². The smallest absolute Gasteiger partial charge is 0.305 e. The summed E-state index contributed by atoms with van der Waals surface area (Å²) in [5.41, 5.74) is -0.504. The molecule has 2 saturated carbocycles. The highest BCUT2D eigenvalue weighted by atomic mass is 16.7. The molecule has 7 nitrogen and oxygen atoms in total. The number of methoxy groups -OCH3 is 3. The maximum absolute atomic E-state index is 13.8. The van der Waals surface area contributed by atoms with E-state index >= 15 is 0 Å². The first-order chi connectivity index (χ1) is 14.5. The number of hydrogen-bond acceptors (Lipinski definition) is 7. The van der Waals surface area contributed by atoms with Crippen molar-refractivity contribution >= 4 is 11.8 Å². The summed E-state index contributed by atoms with van der Waals surface area (Å²) in [6.45, 7) is 0.706. The van der Waals surface area contributed by atoms with Gasteiger partial charge >= 0.3 is 5.97 Å². The van der Waals surface area contributed by atoms with E-state index in [0.29, 0.717) is 25.9 Å². The molecule has 30 heavy (non-hydrogen) atoms. The zero-order valence-corrected chi connectivity index (χ0v) is 18.6. The van der Waals surface area contributed by atoms with Crippen LogP contribution in [0.15, 0.2) is 0 Å². The third-order valence-electron chi connectivity index (χ3n) is 7.68. The number of carbonyl (C=O) groups excluding carboxylic acids is 2. The van der Waals surface area contributed by atoms with E-state index in [9.17, 15) is 14.7 Å². The summed E-state index contributed by atoms with van der Waals surface area (Å²) in [5.74, 6) is 0.0138. The van der Waals surface area contributed by atoms with Crippen molar-refractivity contribution in [1.82, 2.24) is 0 Å². The summed E-state index contributed by atoms with van der Waals surface area (Å²) in [7, 11) is 4.59. The fourth-order valence-electron chi connectivity index (χ4n) is 6.19. The molecule has 172 valence electrons. The van der Waals surface area contributed by atoms with Crippen LogP contribution in [0.2, 0.25) is 0 Å². The number of carbonyl (C=O) groups is 2. The second-order valence-electron chi connectivity index (χ2n) is 9.27. The molecule has 1 N–H and O–H groups in total. The van der Waals surface area contributed by atoms with Gasteiger partial charge in [-0.2, -0.15) is 0 Å². The predicted octanol–water partition coefficient (Wildman–Crippen LogP) is 2.87. The third-order valence-corrected chi connectivity index (χ3v) is 7.68. The van der Waals surface area contributed by atoms with Crippen molar-refractivity contribution in [2.24, 2.45) is 23.2 Å². The Kier molecular flexibility index (Phi) is 8.30. The van der Waals surface area contributed by atoms with Crippen LogP contribution in [-0.4, -0.2) is 63.3 Å². The molecule has 0 amide bonds. The van der Waals surface area contributed by atoms with Gasteiger partial charge in [-0.05, 0) is 57.3 Å². The molecule has 0 aromatic rings. The third kappa shape index (κ3) is 4.74. The summed E-state index contributed by atoms with van der Waals surface area (Å²) < 4.78 is 21.8. The van der Waals surface area contributed by atoms with Crippen molar-refractivity contribution in [2.75, 3.05) is 27.9 Å². The van der Waals surface area contributed by atoms with Gasteiger partial charge in [-0.15, -0.1) is 0 Å². The number of Topliss-reactive ketones (excluding diaryl/α,β-unsaturated/α-hetero) is 1. The normalized spacial score (nSPS) is 36.7. The first-order valence-electron chi connectivity index (χ1n) is 11.4. The first kappa shape index (κ1) is 23.6. The number of fused-ring (bicyclic) bond motifs is 1. The fraction of sp³-hybridized carbons (Fsp3) is 0.913. The molecule has 7 heteroatoms. The summed E-state index contributed by atoms with van der Waals surface area (Å²) in [6.07, 6.45) is 6.51. The van der Waals surface area contributed by atoms with Gasteiger partial charge < -0.3 is 24.1 Å². The molecule has 0 aromatic heterocycles. The van der Waals surface area contributed by atoms with Gasteiger partial charge in [0.25, 0.3) is 0 Å². The van der Waals surface area contributed by atoms with Gasteiger partial charge in [-0.25, -0.2) is 0 Å². The standard InChI is InChI=1S/C23H38O7/c1-27-20(25)9-4-6-10-23(19-8-5-7-11-30-19)14-15-12-17(22(28-2)29-3)18(24)13-16(15)21(23)26/h15-19,22,24H,4-14H2,1-3H3. The van der Waals surface area contributed by atoms with Crippen molar-refractivity contribution in [2.45, 2.75) is 82.7 Å². The zero-order chi connectivity index (χ0) is 21.7. The Labute approximate surface area is 179 Å². The Morgan fingerprint density at radius 1 is 1.20 bits per heavy atom. The lowest BCUT2D eigenvalue weighted by Gasteiger charge is -2.39. The molecular formula is C23H38O7. The molecule has 0 spiro atoms. The summed E-state index contributed by atoms with van der Waals surface area (Å²) in [4.78, 5) is 25.2. The van der Waals surface area contributed by atoms with E-state index in [1.807, 2.05) is 0 Å². The summed E-state index contributed by atoms with van der Waals surface area (Å²) in [6, 6.07) is 0. The highest BCUT2D eigenvalue weighted by molar-refractivity contribution is 5.90. The highest BCUT2D eigenvalue weighted by Crippen LogP contribution is 2.56. The Hall–Kier alpha value is -1.02. The van der Waals surface area contributed by atoms with E-state index in [4.69, 9.17) is 18.9 Å². The van der Waals surface area contributed by atoms with Crippen molar-refractivity contribution in [3.63, 3.8) is 0 Å². The Morgan fingerprint density at radius 3 is 2.60 bits per heavy atom. The fourth-order valence-corrected chi connectivity index (χ4v) is 6.19. The van der Waals surface area contributed by atoms with E-state index in [0.717, 1.165) is 44.9 Å². The molecule has 6 atom stereocenters. The first-order valence-corrected chi connectivity index (χ1v) is 11.4. The molecule has 1 saturated heterocycles. The summed E-state index contributed by atoms with van der Waals surface area (Å²) >= 11 is 0. The summed E-state index contributed by atoms with van der Waals surface area (Å²) in [5, 5.41) is 10.8. The van der Waals surface area contributed by atoms with Crippen LogP contribution in [0.25, 0.3) is 0 Å². The van der Waals surface area contributed by atoms with E-state index < -0.39 is 17.8 Å². The van der Waals surface area contributed by atoms with Crippen molar-refractivity contribution < 1.29 is 33.6 Å². The molecule has 0 radical (unpaired) electrons. The van der Waals surface area contributed by atoms with Gasteiger partial charge in [0, 0.05) is 39.1 Å². The van der Waals surface area contributed by atoms with Gasteiger partial charge in [-0.3, -0.25) is 9.59 Å². The second-order valence-corrected chi connectivity index (χ2v) is 9.27. The molecule has 2 aliphatic carbocycles. The highest BCUT2D eigenvalue weighted by Gasteiger charge is 2.59. The van der Waals surface area contributed by atoms with Crippen LogP contribution in [0.1, 0.15) is 64.2 Å². The maximum atomic E-state index is 13.8. The Morgan fingerprint density at radius 2 is 1.97 bits per heavy atom. The van der Waals surface area contributed by atoms with Crippen LogP contribution in [0.3, 0.4) is 0 Å². The Bertz CT molecular complexity index is 584. The van der Waals surface area contributed by atoms with Crippen molar-refractivity contribution in [3.8, 4) is 0 Å². The predicted molar refractivity (Wildman–Crippen MR) is 110 cm³/mol. The average Bonchev–Trinajstić information content (AvgIpc) is 3.04. The minimum atomic E-state index is -0.609. The minimum Gasteiger partial charge on any atom is -0.469 e. The molecule has 0 bridgehead atoms. The van der Waals surface area contributed by atoms with Gasteiger partial charge in [0.15, 0.2) is 6.29 Å². The topological polar surface area (TPSA) is 91.3 Å². The molecular weight excluding hydrogens is 388 g/mol. The Balaban J connectivity index is 1.76. The number of aliphatic hydroxyl groups is 1. The number of rotatable bonds is 9. The van der Waals surface area contributed by atoms with Crippen LogP contribution in [0.5, 0.6) is 0 Å². The van der Waals surface area contributed by atoms with E-state index in [2.05, 4.69) is 0 Å². The van der Waals surface area contributed by atoms with Crippen LogP contribution < -0.4 is 0 Å². The van der Waals surface area contributed by atoms with Gasteiger partial charge in [0.05, 0.1) is 24.7 Å². The monoisotopic (exact) mass is 426 g/mol. The van der Waals surface area contributed by atoms with Crippen LogP contribution in [0.4, 0.5) is 0 Å². The largest absolute Gasteiger partial charge is 0.469 e. The lowest BCUT2D eigenvalue weighted by atomic mass is 9.72. The molecule has 3 aliphatic rings. The lowest BCUT2D eigenvalue weighted by Crippen LogP contribution is -2.45. The number of ether oxygens (including phenoxy) is 4. The van der Waals surface area contributed by atoms with Gasteiger partial charge in [-0.1, -0.05) is 6.42 Å². The minimum absolute atomic E-state index is 0.0567. The zero-order valence-electron chi connectivity index (χ0n) is 18.6. The van der Waals surface area contributed by atoms with Gasteiger partial charge in [0.2, 0.25) is 0 Å². The number of esters is 1. The van der Waals surface area contributed by atoms with E-state index in [1.54, 1.807) is 14.2 Å². The lowest BCUT2D eigenvalue weighted by molar-refractivity contribution is -0.177. The van der Waals surface area contributed by atoms with Crippen LogP contribution in [0, 0.1) is 23.2 Å². The number of unbranched alkanes of at least 4 members (excludes halogenated alkanes) is 1. The molecule has 1 heterocycles. The number of hydrogen-bond donors (Lipinski definition) is 1. The molecule has 6 unspecified atom stereocenters. The number of ketones is 1. The average molecular weight is 427 g/mol. The van der Waals surface area contributed by atoms with Crippen LogP contribution in [-0.2, 0) is 28.5 Å². The van der Waals surface area contributed by atoms with E-state index in [1.165, 1.54) is 7.11 Å². The second kappa shape index (κ2) is 10.5. The van der Waals surface area contributed by atoms with Crippen molar-refractivity contribution in [3.05, 3.63) is 0 Å². The van der Waals surface area contributed by atoms with Gasteiger partial charge in [0.1, 0.15) is 5.78 Å². The van der Waals surface area contributed by atoms with Crippen LogP contribution >= 0.6 is 0 Å². The molecule has 3 fully saturated rings. The quantitative estimate of drug-likeness (QED) is 0.344. The molecule has 0 aromatic carbocycles. The number of aliphatic hydroxyl groups excluding tert-OH is 1. The van der Waals surface area contributed by atoms with Crippen molar-refractivity contribution in [1.29, 1.82) is 0 Å². The molecule has 3 rings (SSSR count). The molecule has 1 aliphatic heterocycles.